The molecule has 2 aromatic rings. The molecule has 26 heavy (non-hydrogen) atoms. The number of thioether (sulfide) groups is 1. The molecule has 0 atom stereocenters. The molecule has 1 aromatic heterocycles. The molecule has 0 saturated heterocycles. The Morgan fingerprint density at radius 1 is 1.19 bits per heavy atom. The summed E-state index contributed by atoms with van der Waals surface area (Å²) in [7, 11) is 0. The normalized spacial score (nSPS) is 11.1. The van der Waals surface area contributed by atoms with E-state index < -0.39 is 0 Å². The van der Waals surface area contributed by atoms with E-state index >= 15 is 0 Å². The number of nitrogens with one attached hydrogen (secondary N) is 2. The smallest absolute Gasteiger partial charge is 0.191 e. The van der Waals surface area contributed by atoms with E-state index in [0.717, 1.165) is 49.1 Å². The van der Waals surface area contributed by atoms with Gasteiger partial charge in [-0.05, 0) is 31.8 Å². The van der Waals surface area contributed by atoms with Gasteiger partial charge < -0.3 is 10.6 Å². The van der Waals surface area contributed by atoms with Gasteiger partial charge in [-0.2, -0.15) is 11.8 Å². The average molecular weight is 505 g/mol. The number of thiazole rings is 1. The Labute approximate surface area is 182 Å². The Bertz CT molecular complexity index is 631. The molecule has 1 heterocycles. The summed E-state index contributed by atoms with van der Waals surface area (Å²) in [5.74, 6) is 2.12. The van der Waals surface area contributed by atoms with Crippen molar-refractivity contribution in [3.05, 3.63) is 41.4 Å². The van der Waals surface area contributed by atoms with E-state index in [9.17, 15) is 0 Å². The number of aromatic nitrogens is 1. The zero-order chi connectivity index (χ0) is 17.7. The summed E-state index contributed by atoms with van der Waals surface area (Å²) >= 11 is 3.60. The Kier molecular flexibility index (Phi) is 12.8. The third-order valence-electron chi connectivity index (χ3n) is 3.62. The van der Waals surface area contributed by atoms with Crippen LogP contribution in [0.25, 0.3) is 10.6 Å². The molecule has 144 valence electrons. The molecule has 0 aliphatic heterocycles. The number of halogens is 1. The SMILES string of the molecule is CCNC(=NCCCCSC)NCCc1csc(-c2ccccc2)n1.I. The van der Waals surface area contributed by atoms with Crippen LogP contribution in [0, 0.1) is 0 Å². The minimum atomic E-state index is 0. The summed E-state index contributed by atoms with van der Waals surface area (Å²) in [4.78, 5) is 9.37. The molecule has 2 N–H and O–H groups in total. The zero-order valence-electron chi connectivity index (χ0n) is 15.5. The molecule has 0 spiro atoms. The molecule has 0 fully saturated rings. The molecule has 0 unspecified atom stereocenters. The molecule has 0 radical (unpaired) electrons. The molecule has 0 saturated carbocycles. The van der Waals surface area contributed by atoms with E-state index in [1.165, 1.54) is 17.7 Å². The number of nitrogens with zero attached hydrogens (tertiary/aromatic N) is 2. The molecular formula is C19H29IN4S2. The lowest BCUT2D eigenvalue weighted by Crippen LogP contribution is -2.38. The third kappa shape index (κ3) is 8.73. The zero-order valence-corrected chi connectivity index (χ0v) is 19.5. The van der Waals surface area contributed by atoms with Gasteiger partial charge in [0.05, 0.1) is 5.69 Å². The summed E-state index contributed by atoms with van der Waals surface area (Å²) in [5, 5.41) is 9.95. The number of rotatable bonds is 10. The molecular weight excluding hydrogens is 475 g/mol. The predicted octanol–water partition coefficient (Wildman–Crippen LogP) is 4.67. The van der Waals surface area contributed by atoms with E-state index in [1.54, 1.807) is 11.3 Å². The summed E-state index contributed by atoms with van der Waals surface area (Å²) in [6, 6.07) is 10.3. The summed E-state index contributed by atoms with van der Waals surface area (Å²) in [5.41, 5.74) is 2.32. The second-order valence-electron chi connectivity index (χ2n) is 5.65. The first-order chi connectivity index (χ1) is 12.3. The molecule has 7 heteroatoms. The van der Waals surface area contributed by atoms with Gasteiger partial charge in [0.1, 0.15) is 5.01 Å². The van der Waals surface area contributed by atoms with E-state index in [2.05, 4.69) is 58.5 Å². The Morgan fingerprint density at radius 2 is 2.00 bits per heavy atom. The minimum Gasteiger partial charge on any atom is -0.357 e. The fraction of sp³-hybridized carbons (Fsp3) is 0.474. The van der Waals surface area contributed by atoms with Crippen LogP contribution < -0.4 is 10.6 Å². The van der Waals surface area contributed by atoms with Crippen molar-refractivity contribution in [2.75, 3.05) is 31.6 Å². The first-order valence-corrected chi connectivity index (χ1v) is 11.1. The van der Waals surface area contributed by atoms with Gasteiger partial charge in [0.25, 0.3) is 0 Å². The highest BCUT2D eigenvalue weighted by Crippen LogP contribution is 2.23. The van der Waals surface area contributed by atoms with Crippen LogP contribution in [0.3, 0.4) is 0 Å². The fourth-order valence-corrected chi connectivity index (χ4v) is 3.69. The van der Waals surface area contributed by atoms with Crippen molar-refractivity contribution in [2.45, 2.75) is 26.2 Å². The van der Waals surface area contributed by atoms with Gasteiger partial charge in [-0.1, -0.05) is 30.3 Å². The summed E-state index contributed by atoms with van der Waals surface area (Å²) < 4.78 is 0. The number of hydrogen-bond acceptors (Lipinski definition) is 4. The number of guanidine groups is 1. The standard InChI is InChI=1S/C19H28N4S2.HI/c1-3-20-19(21-12-7-8-14-24-2)22-13-11-17-15-25-18(23-17)16-9-5-4-6-10-16;/h4-6,9-10,15H,3,7-8,11-14H2,1-2H3,(H2,20,21,22);1H. The van der Waals surface area contributed by atoms with Crippen molar-refractivity contribution in [3.8, 4) is 10.6 Å². The molecule has 0 bridgehead atoms. The minimum absolute atomic E-state index is 0. The van der Waals surface area contributed by atoms with Crippen LogP contribution in [0.15, 0.2) is 40.7 Å². The molecule has 0 aliphatic carbocycles. The molecule has 4 nitrogen and oxygen atoms in total. The van der Waals surface area contributed by atoms with Gasteiger partial charge in [-0.25, -0.2) is 4.98 Å². The molecule has 0 aliphatic rings. The van der Waals surface area contributed by atoms with Crippen molar-refractivity contribution in [1.82, 2.24) is 15.6 Å². The van der Waals surface area contributed by atoms with Crippen molar-refractivity contribution in [2.24, 2.45) is 4.99 Å². The van der Waals surface area contributed by atoms with E-state index in [-0.39, 0.29) is 24.0 Å². The van der Waals surface area contributed by atoms with E-state index in [0.29, 0.717) is 0 Å². The van der Waals surface area contributed by atoms with Crippen molar-refractivity contribution in [3.63, 3.8) is 0 Å². The number of aliphatic imine (C=N–C) groups is 1. The molecule has 2 rings (SSSR count). The van der Waals surface area contributed by atoms with Gasteiger partial charge in [0, 0.05) is 37.0 Å². The van der Waals surface area contributed by atoms with E-state index in [4.69, 9.17) is 4.98 Å². The highest BCUT2D eigenvalue weighted by atomic mass is 127. The highest BCUT2D eigenvalue weighted by molar-refractivity contribution is 14.0. The Hall–Kier alpha value is -0.800. The fourth-order valence-electron chi connectivity index (χ4n) is 2.33. The third-order valence-corrected chi connectivity index (χ3v) is 5.25. The quantitative estimate of drug-likeness (QED) is 0.214. The first kappa shape index (κ1) is 23.2. The maximum absolute atomic E-state index is 4.74. The van der Waals surface area contributed by atoms with E-state index in [1.807, 2.05) is 17.8 Å². The van der Waals surface area contributed by atoms with Crippen molar-refractivity contribution in [1.29, 1.82) is 0 Å². The topological polar surface area (TPSA) is 49.3 Å². The van der Waals surface area contributed by atoms with Crippen LogP contribution in [0.2, 0.25) is 0 Å². The first-order valence-electron chi connectivity index (χ1n) is 8.84. The average Bonchev–Trinajstić information content (AvgIpc) is 3.11. The van der Waals surface area contributed by atoms with Crippen LogP contribution >= 0.6 is 47.1 Å². The van der Waals surface area contributed by atoms with Crippen LogP contribution in [0.1, 0.15) is 25.5 Å². The number of benzene rings is 1. The lowest BCUT2D eigenvalue weighted by molar-refractivity contribution is 0.767. The maximum Gasteiger partial charge on any atom is 0.191 e. The lowest BCUT2D eigenvalue weighted by atomic mass is 10.2. The van der Waals surface area contributed by atoms with Crippen LogP contribution in [0.5, 0.6) is 0 Å². The van der Waals surface area contributed by atoms with Gasteiger partial charge >= 0.3 is 0 Å². The van der Waals surface area contributed by atoms with Crippen molar-refractivity contribution >= 4 is 53.0 Å². The van der Waals surface area contributed by atoms with Gasteiger partial charge in [-0.15, -0.1) is 35.3 Å². The molecule has 1 aromatic carbocycles. The van der Waals surface area contributed by atoms with Crippen LogP contribution in [-0.2, 0) is 6.42 Å². The van der Waals surface area contributed by atoms with Crippen LogP contribution in [-0.4, -0.2) is 42.6 Å². The summed E-state index contributed by atoms with van der Waals surface area (Å²) in [6.07, 6.45) is 5.42. The Balaban J connectivity index is 0.00000338. The van der Waals surface area contributed by atoms with Gasteiger partial charge in [-0.3, -0.25) is 4.99 Å². The lowest BCUT2D eigenvalue weighted by Gasteiger charge is -2.10. The Morgan fingerprint density at radius 3 is 2.73 bits per heavy atom. The van der Waals surface area contributed by atoms with Gasteiger partial charge in [0.2, 0.25) is 0 Å². The second kappa shape index (κ2) is 14.3. The van der Waals surface area contributed by atoms with Gasteiger partial charge in [0.15, 0.2) is 5.96 Å². The number of unbranched alkanes of at least 4 members (excludes halogenated alkanes) is 1. The predicted molar refractivity (Wildman–Crippen MR) is 128 cm³/mol. The highest BCUT2D eigenvalue weighted by Gasteiger charge is 2.04. The monoisotopic (exact) mass is 504 g/mol. The number of hydrogen-bond donors (Lipinski definition) is 2. The van der Waals surface area contributed by atoms with Crippen molar-refractivity contribution < 1.29 is 0 Å². The van der Waals surface area contributed by atoms with Crippen LogP contribution in [0.4, 0.5) is 0 Å². The maximum atomic E-state index is 4.74. The molecule has 0 amide bonds. The second-order valence-corrected chi connectivity index (χ2v) is 7.49. The largest absolute Gasteiger partial charge is 0.357 e. The summed E-state index contributed by atoms with van der Waals surface area (Å²) in [6.45, 7) is 4.70.